The van der Waals surface area contributed by atoms with E-state index in [0.717, 1.165) is 6.07 Å². The molecule has 94 valence electrons. The molecule has 18 heavy (non-hydrogen) atoms. The van der Waals surface area contributed by atoms with Crippen molar-refractivity contribution in [2.24, 2.45) is 0 Å². The maximum Gasteiger partial charge on any atom is 0.173 e. The SMILES string of the molecule is N#Cc1cc(F)cc(CNC2C=CS(=O)(=O)C2)c1. The summed E-state index contributed by atoms with van der Waals surface area (Å²) in [5.74, 6) is -0.451. The molecule has 0 aromatic heterocycles. The highest BCUT2D eigenvalue weighted by molar-refractivity contribution is 7.94. The number of hydrogen-bond acceptors (Lipinski definition) is 4. The Hall–Kier alpha value is -1.71. The average molecular weight is 266 g/mol. The van der Waals surface area contributed by atoms with E-state index in [9.17, 15) is 12.8 Å². The standard InChI is InChI=1S/C12H11FN2O2S/c13-11-4-9(6-14)3-10(5-11)7-15-12-1-2-18(16,17)8-12/h1-5,12,15H,7-8H2. The van der Waals surface area contributed by atoms with Gasteiger partial charge in [-0.15, -0.1) is 0 Å². The van der Waals surface area contributed by atoms with Crippen molar-refractivity contribution in [2.75, 3.05) is 5.75 Å². The highest BCUT2D eigenvalue weighted by Gasteiger charge is 2.20. The molecule has 1 N–H and O–H groups in total. The number of nitriles is 1. The summed E-state index contributed by atoms with van der Waals surface area (Å²) in [5, 5.41) is 12.9. The van der Waals surface area contributed by atoms with Gasteiger partial charge in [-0.3, -0.25) is 0 Å². The molecule has 0 saturated heterocycles. The van der Waals surface area contributed by atoms with E-state index in [1.807, 2.05) is 6.07 Å². The Morgan fingerprint density at radius 2 is 2.22 bits per heavy atom. The van der Waals surface area contributed by atoms with Gasteiger partial charge in [-0.25, -0.2) is 12.8 Å². The molecule has 2 rings (SSSR count). The molecule has 0 saturated carbocycles. The molecule has 1 aromatic rings. The fraction of sp³-hybridized carbons (Fsp3) is 0.250. The van der Waals surface area contributed by atoms with Crippen LogP contribution in [0, 0.1) is 17.1 Å². The first-order valence-electron chi connectivity index (χ1n) is 5.32. The van der Waals surface area contributed by atoms with Crippen molar-refractivity contribution in [3.8, 4) is 6.07 Å². The predicted octanol–water partition coefficient (Wildman–Crippen LogP) is 1.10. The van der Waals surface area contributed by atoms with Gasteiger partial charge in [-0.1, -0.05) is 6.08 Å². The fourth-order valence-electron chi connectivity index (χ4n) is 1.77. The number of nitrogens with one attached hydrogen (secondary N) is 1. The lowest BCUT2D eigenvalue weighted by Gasteiger charge is -2.10. The summed E-state index contributed by atoms with van der Waals surface area (Å²) in [5.41, 5.74) is 0.866. The Morgan fingerprint density at radius 1 is 1.44 bits per heavy atom. The molecule has 4 nitrogen and oxygen atoms in total. The first-order valence-corrected chi connectivity index (χ1v) is 7.04. The number of rotatable bonds is 3. The Balaban J connectivity index is 2.02. The third-order valence-corrected chi connectivity index (χ3v) is 3.98. The normalized spacial score (nSPS) is 20.8. The van der Waals surface area contributed by atoms with E-state index in [1.165, 1.54) is 11.5 Å². The third-order valence-electron chi connectivity index (χ3n) is 2.59. The van der Waals surface area contributed by atoms with Gasteiger partial charge in [-0.2, -0.15) is 5.26 Å². The Bertz CT molecular complexity index is 632. The molecule has 0 amide bonds. The van der Waals surface area contributed by atoms with Gasteiger partial charge >= 0.3 is 0 Å². The van der Waals surface area contributed by atoms with E-state index >= 15 is 0 Å². The molecule has 0 aliphatic carbocycles. The molecular formula is C12H11FN2O2S. The maximum absolute atomic E-state index is 13.1. The third kappa shape index (κ3) is 3.15. The zero-order valence-electron chi connectivity index (χ0n) is 9.43. The topological polar surface area (TPSA) is 70.0 Å². The van der Waals surface area contributed by atoms with Crippen LogP contribution in [0.2, 0.25) is 0 Å². The number of sulfone groups is 1. The second-order valence-electron chi connectivity index (χ2n) is 4.11. The molecule has 1 unspecified atom stereocenters. The van der Waals surface area contributed by atoms with Gasteiger partial charge in [0, 0.05) is 18.0 Å². The summed E-state index contributed by atoms with van der Waals surface area (Å²) < 4.78 is 35.5. The van der Waals surface area contributed by atoms with Gasteiger partial charge in [-0.05, 0) is 23.8 Å². The summed E-state index contributed by atoms with van der Waals surface area (Å²) in [6.07, 6.45) is 1.57. The molecular weight excluding hydrogens is 255 g/mol. The van der Waals surface area contributed by atoms with Crippen LogP contribution < -0.4 is 5.32 Å². The van der Waals surface area contributed by atoms with E-state index in [2.05, 4.69) is 5.32 Å². The summed E-state index contributed by atoms with van der Waals surface area (Å²) in [6, 6.07) is 5.66. The van der Waals surface area contributed by atoms with Crippen LogP contribution in [-0.2, 0) is 16.4 Å². The van der Waals surface area contributed by atoms with Crippen molar-refractivity contribution in [2.45, 2.75) is 12.6 Å². The number of hydrogen-bond donors (Lipinski definition) is 1. The summed E-state index contributed by atoms with van der Waals surface area (Å²) >= 11 is 0. The van der Waals surface area contributed by atoms with Crippen LogP contribution in [0.25, 0.3) is 0 Å². The lowest BCUT2D eigenvalue weighted by molar-refractivity contribution is 0.587. The molecule has 1 aliphatic heterocycles. The highest BCUT2D eigenvalue weighted by Crippen LogP contribution is 2.11. The average Bonchev–Trinajstić information content (AvgIpc) is 2.65. The van der Waals surface area contributed by atoms with Crippen LogP contribution in [0.5, 0.6) is 0 Å². The summed E-state index contributed by atoms with van der Waals surface area (Å²) in [6.45, 7) is 0.316. The predicted molar refractivity (Wildman–Crippen MR) is 64.7 cm³/mol. The van der Waals surface area contributed by atoms with Crippen molar-refractivity contribution in [3.63, 3.8) is 0 Å². The Kier molecular flexibility index (Phi) is 3.45. The smallest absolute Gasteiger partial charge is 0.173 e. The Labute approximate surface area is 105 Å². The van der Waals surface area contributed by atoms with Crippen LogP contribution in [0.4, 0.5) is 4.39 Å². The van der Waals surface area contributed by atoms with Crippen LogP contribution in [0.1, 0.15) is 11.1 Å². The molecule has 0 radical (unpaired) electrons. The van der Waals surface area contributed by atoms with Gasteiger partial charge in [0.1, 0.15) is 5.82 Å². The largest absolute Gasteiger partial charge is 0.305 e. The van der Waals surface area contributed by atoms with Crippen molar-refractivity contribution >= 4 is 9.84 Å². The summed E-state index contributed by atoms with van der Waals surface area (Å²) in [4.78, 5) is 0. The lowest BCUT2D eigenvalue weighted by atomic mass is 10.1. The van der Waals surface area contributed by atoms with Gasteiger partial charge < -0.3 is 5.32 Å². The minimum Gasteiger partial charge on any atom is -0.305 e. The van der Waals surface area contributed by atoms with Gasteiger partial charge in [0.15, 0.2) is 9.84 Å². The van der Waals surface area contributed by atoms with Crippen molar-refractivity contribution in [1.82, 2.24) is 5.32 Å². The molecule has 1 aliphatic rings. The number of nitrogens with zero attached hydrogens (tertiary/aromatic N) is 1. The minimum absolute atomic E-state index is 0.0213. The van der Waals surface area contributed by atoms with E-state index in [-0.39, 0.29) is 17.4 Å². The van der Waals surface area contributed by atoms with E-state index in [1.54, 1.807) is 12.1 Å². The van der Waals surface area contributed by atoms with Crippen LogP contribution in [-0.4, -0.2) is 20.2 Å². The second kappa shape index (κ2) is 4.88. The van der Waals surface area contributed by atoms with Crippen molar-refractivity contribution in [3.05, 3.63) is 46.6 Å². The summed E-state index contributed by atoms with van der Waals surface area (Å²) in [7, 11) is -3.09. The maximum atomic E-state index is 13.1. The molecule has 0 spiro atoms. The number of benzene rings is 1. The molecule has 0 fully saturated rings. The zero-order chi connectivity index (χ0) is 13.2. The van der Waals surface area contributed by atoms with Crippen LogP contribution in [0.15, 0.2) is 29.7 Å². The van der Waals surface area contributed by atoms with Crippen LogP contribution in [0.3, 0.4) is 0 Å². The van der Waals surface area contributed by atoms with E-state index < -0.39 is 15.7 Å². The first kappa shape index (κ1) is 12.7. The quantitative estimate of drug-likeness (QED) is 0.889. The highest BCUT2D eigenvalue weighted by atomic mass is 32.2. The second-order valence-corrected chi connectivity index (χ2v) is 6.04. The number of halogens is 1. The molecule has 6 heteroatoms. The molecule has 1 aromatic carbocycles. The van der Waals surface area contributed by atoms with E-state index in [4.69, 9.17) is 5.26 Å². The molecule has 1 heterocycles. The lowest BCUT2D eigenvalue weighted by Crippen LogP contribution is -2.29. The fourth-order valence-corrected chi connectivity index (χ4v) is 3.04. The molecule has 1 atom stereocenters. The van der Waals surface area contributed by atoms with E-state index in [0.29, 0.717) is 12.1 Å². The van der Waals surface area contributed by atoms with Gasteiger partial charge in [0.2, 0.25) is 0 Å². The minimum atomic E-state index is -3.09. The van der Waals surface area contributed by atoms with Crippen LogP contribution >= 0.6 is 0 Å². The van der Waals surface area contributed by atoms with Gasteiger partial charge in [0.25, 0.3) is 0 Å². The van der Waals surface area contributed by atoms with Crippen molar-refractivity contribution < 1.29 is 12.8 Å². The Morgan fingerprint density at radius 3 is 2.83 bits per heavy atom. The molecule has 0 bridgehead atoms. The van der Waals surface area contributed by atoms with Crippen molar-refractivity contribution in [1.29, 1.82) is 5.26 Å². The monoisotopic (exact) mass is 266 g/mol. The zero-order valence-corrected chi connectivity index (χ0v) is 10.2. The first-order chi connectivity index (χ1) is 8.48. The van der Waals surface area contributed by atoms with Gasteiger partial charge in [0.05, 0.1) is 17.4 Å².